The first-order valence-corrected chi connectivity index (χ1v) is 10.5. The van der Waals surface area contributed by atoms with Crippen LogP contribution in [0.3, 0.4) is 0 Å². The summed E-state index contributed by atoms with van der Waals surface area (Å²) in [6.45, 7) is 0.694. The maximum absolute atomic E-state index is 14.1. The van der Waals surface area contributed by atoms with E-state index < -0.39 is 17.8 Å². The number of hydrogen-bond acceptors (Lipinski definition) is 7. The van der Waals surface area contributed by atoms with E-state index in [0.29, 0.717) is 47.1 Å². The average Bonchev–Trinajstić information content (AvgIpc) is 3.40. The van der Waals surface area contributed by atoms with Crippen molar-refractivity contribution in [2.45, 2.75) is 31.3 Å². The Labute approximate surface area is 189 Å². The number of likely N-dealkylation sites (N-methyl/N-ethyl adjacent to an activating group) is 1. The number of aliphatic hydroxyl groups excluding tert-OH is 1. The number of anilines is 1. The number of carbonyl (C=O) groups excluding carboxylic acids is 2. The molecule has 0 spiro atoms. The van der Waals surface area contributed by atoms with Gasteiger partial charge in [0.25, 0.3) is 11.8 Å². The number of nitrogens with zero attached hydrogens (tertiary/aromatic N) is 3. The van der Waals surface area contributed by atoms with Gasteiger partial charge in [-0.2, -0.15) is 0 Å². The molecule has 2 aliphatic rings. The second-order valence-corrected chi connectivity index (χ2v) is 8.18. The lowest BCUT2D eigenvalue weighted by atomic mass is 10.0. The molecule has 3 aromatic rings. The maximum Gasteiger partial charge on any atom is 0.269 e. The third-order valence-corrected chi connectivity index (χ3v) is 5.67. The molecule has 5 rings (SSSR count). The van der Waals surface area contributed by atoms with Crippen molar-refractivity contribution in [2.24, 2.45) is 5.73 Å². The molecule has 2 fully saturated rings. The first-order valence-electron chi connectivity index (χ1n) is 10.5. The fourth-order valence-corrected chi connectivity index (χ4v) is 3.69. The summed E-state index contributed by atoms with van der Waals surface area (Å²) < 4.78 is 18.9. The fraction of sp³-hybridized carbons (Fsp3) is 0.304. The number of benzene rings is 1. The Morgan fingerprint density at radius 2 is 1.88 bits per heavy atom. The van der Waals surface area contributed by atoms with Crippen LogP contribution in [0, 0.1) is 5.82 Å². The molecule has 1 aliphatic carbocycles. The minimum absolute atomic E-state index is 0.0200. The number of aromatic nitrogens is 2. The number of likely N-dealkylation sites (tertiary alicyclic amines) is 1. The zero-order valence-electron chi connectivity index (χ0n) is 18.0. The van der Waals surface area contributed by atoms with Crippen LogP contribution in [0.15, 0.2) is 41.1 Å². The highest BCUT2D eigenvalue weighted by Crippen LogP contribution is 2.44. The number of nitrogen functional groups attached to an aromatic ring is 1. The van der Waals surface area contributed by atoms with Crippen LogP contribution in [0.4, 0.5) is 10.1 Å². The molecule has 9 nitrogen and oxygen atoms in total. The molecule has 1 aromatic carbocycles. The Hall–Kier alpha value is -3.79. The summed E-state index contributed by atoms with van der Waals surface area (Å²) in [7, 11) is 1.69. The Morgan fingerprint density at radius 1 is 1.18 bits per heavy atom. The van der Waals surface area contributed by atoms with Gasteiger partial charge in [0, 0.05) is 30.8 Å². The van der Waals surface area contributed by atoms with Gasteiger partial charge in [-0.3, -0.25) is 9.59 Å². The van der Waals surface area contributed by atoms with Crippen LogP contribution >= 0.6 is 0 Å². The molecule has 1 saturated carbocycles. The van der Waals surface area contributed by atoms with Crippen molar-refractivity contribution in [1.82, 2.24) is 15.0 Å². The van der Waals surface area contributed by atoms with Gasteiger partial charge in [0.2, 0.25) is 0 Å². The van der Waals surface area contributed by atoms with Gasteiger partial charge in [0.1, 0.15) is 23.9 Å². The Kier molecular flexibility index (Phi) is 6.10. The van der Waals surface area contributed by atoms with Gasteiger partial charge in [0.05, 0.1) is 11.4 Å². The average molecular weight is 453 g/mol. The number of amides is 2. The van der Waals surface area contributed by atoms with Gasteiger partial charge in [-0.05, 0) is 55.0 Å². The minimum atomic E-state index is -0.722. The van der Waals surface area contributed by atoms with Crippen molar-refractivity contribution in [1.29, 1.82) is 0 Å². The highest BCUT2D eigenvalue weighted by Gasteiger charge is 2.29. The predicted molar refractivity (Wildman–Crippen MR) is 118 cm³/mol. The monoisotopic (exact) mass is 453 g/mol. The molecule has 5 N–H and O–H groups in total. The smallest absolute Gasteiger partial charge is 0.269 e. The molecule has 33 heavy (non-hydrogen) atoms. The van der Waals surface area contributed by atoms with Crippen LogP contribution in [0.1, 0.15) is 41.2 Å². The van der Waals surface area contributed by atoms with E-state index in [9.17, 15) is 14.0 Å². The largest absolute Gasteiger partial charge is 0.397 e. The summed E-state index contributed by atoms with van der Waals surface area (Å²) in [5.74, 6) is -0.995. The van der Waals surface area contributed by atoms with Crippen LogP contribution in [0.2, 0.25) is 0 Å². The second kappa shape index (κ2) is 8.99. The molecule has 1 saturated heterocycles. The summed E-state index contributed by atoms with van der Waals surface area (Å²) in [6, 6.07) is 7.89. The molecule has 2 aromatic heterocycles. The van der Waals surface area contributed by atoms with Crippen LogP contribution < -0.4 is 11.5 Å². The van der Waals surface area contributed by atoms with E-state index in [1.54, 1.807) is 25.2 Å². The zero-order valence-corrected chi connectivity index (χ0v) is 18.0. The molecule has 0 bridgehead atoms. The summed E-state index contributed by atoms with van der Waals surface area (Å²) in [5.41, 5.74) is 14.7. The Bertz CT molecular complexity index is 1180. The number of aliphatic hydroxyl groups is 1. The molecule has 1 atom stereocenters. The maximum atomic E-state index is 14.1. The second-order valence-electron chi connectivity index (χ2n) is 8.18. The number of rotatable bonds is 4. The lowest BCUT2D eigenvalue weighted by Crippen LogP contribution is -2.24. The summed E-state index contributed by atoms with van der Waals surface area (Å²) in [5, 5.41) is 12.6. The van der Waals surface area contributed by atoms with Gasteiger partial charge in [-0.1, -0.05) is 5.16 Å². The molecule has 1 aliphatic heterocycles. The number of primary amides is 1. The first-order chi connectivity index (χ1) is 15.7. The Morgan fingerprint density at radius 3 is 2.36 bits per heavy atom. The van der Waals surface area contributed by atoms with E-state index >= 15 is 0 Å². The highest BCUT2D eigenvalue weighted by atomic mass is 19.1. The minimum Gasteiger partial charge on any atom is -0.397 e. The first kappa shape index (κ1) is 22.4. The zero-order chi connectivity index (χ0) is 23.7. The molecule has 3 heterocycles. The number of carbonyl (C=O) groups is 2. The van der Waals surface area contributed by atoms with E-state index in [1.807, 2.05) is 0 Å². The van der Waals surface area contributed by atoms with Crippen molar-refractivity contribution in [3.05, 3.63) is 53.7 Å². The van der Waals surface area contributed by atoms with Crippen molar-refractivity contribution < 1.29 is 23.6 Å². The van der Waals surface area contributed by atoms with E-state index in [2.05, 4.69) is 10.1 Å². The van der Waals surface area contributed by atoms with E-state index in [0.717, 1.165) is 18.4 Å². The van der Waals surface area contributed by atoms with E-state index in [4.69, 9.17) is 21.1 Å². The van der Waals surface area contributed by atoms with Gasteiger partial charge < -0.3 is 26.0 Å². The van der Waals surface area contributed by atoms with Crippen molar-refractivity contribution in [3.63, 3.8) is 0 Å². The number of nitrogens with two attached hydrogens (primary N) is 2. The van der Waals surface area contributed by atoms with Crippen LogP contribution in [-0.2, 0) is 4.79 Å². The third kappa shape index (κ3) is 4.85. The van der Waals surface area contributed by atoms with Crippen molar-refractivity contribution in [3.8, 4) is 22.5 Å². The summed E-state index contributed by atoms with van der Waals surface area (Å²) >= 11 is 0. The van der Waals surface area contributed by atoms with Gasteiger partial charge in [-0.25, -0.2) is 9.37 Å². The quantitative estimate of drug-likeness (QED) is 0.549. The molecule has 1 unspecified atom stereocenters. The molecule has 0 radical (unpaired) electrons. The number of pyridine rings is 1. The van der Waals surface area contributed by atoms with Crippen molar-refractivity contribution >= 4 is 17.5 Å². The molecule has 10 heteroatoms. The topological polar surface area (TPSA) is 149 Å². The van der Waals surface area contributed by atoms with E-state index in [-0.39, 0.29) is 11.6 Å². The molecular weight excluding hydrogens is 429 g/mol. The molecule has 172 valence electrons. The fourth-order valence-electron chi connectivity index (χ4n) is 3.69. The molecule has 2 amide bonds. The standard InChI is InChI=1S/C18H15FN4O2.C5H9NO2/c19-12-6-10(14-3-4-25-23-14)5-11(7-12)15-8-13(9-1-2-9)16(20)17(22-15)18(21)24;1-6-3-2-4(7)5(6)8/h3-9H,1-2,20H2,(H2,21,24);4,7H,2-3H2,1H3. The predicted octanol–water partition coefficient (Wildman–Crippen LogP) is 2.31. The third-order valence-electron chi connectivity index (χ3n) is 5.67. The Balaban J connectivity index is 0.000000275. The number of halogens is 1. The lowest BCUT2D eigenvalue weighted by Gasteiger charge is -2.12. The molecular formula is C23H24FN5O4. The van der Waals surface area contributed by atoms with Crippen LogP contribution in [0.25, 0.3) is 22.5 Å². The van der Waals surface area contributed by atoms with Gasteiger partial charge in [-0.15, -0.1) is 0 Å². The van der Waals surface area contributed by atoms with Gasteiger partial charge >= 0.3 is 0 Å². The lowest BCUT2D eigenvalue weighted by molar-refractivity contribution is -0.133. The van der Waals surface area contributed by atoms with Crippen LogP contribution in [0.5, 0.6) is 0 Å². The van der Waals surface area contributed by atoms with Crippen molar-refractivity contribution in [2.75, 3.05) is 19.3 Å². The van der Waals surface area contributed by atoms with E-state index in [1.165, 1.54) is 23.3 Å². The SMILES string of the molecule is CN1CCC(O)C1=O.NC(=O)c1nc(-c2cc(F)cc(-c3ccon3)c2)cc(C2CC2)c1N. The van der Waals surface area contributed by atoms with Crippen LogP contribution in [-0.4, -0.2) is 51.7 Å². The number of hydrogen-bond donors (Lipinski definition) is 3. The van der Waals surface area contributed by atoms with Gasteiger partial charge in [0.15, 0.2) is 5.69 Å². The highest BCUT2D eigenvalue weighted by molar-refractivity contribution is 5.97. The summed E-state index contributed by atoms with van der Waals surface area (Å²) in [6.07, 6.45) is 3.28. The normalized spacial score (nSPS) is 17.6. The summed E-state index contributed by atoms with van der Waals surface area (Å²) in [4.78, 5) is 28.1.